The third kappa shape index (κ3) is 4.31. The van der Waals surface area contributed by atoms with Gasteiger partial charge < -0.3 is 10.1 Å². The van der Waals surface area contributed by atoms with Crippen LogP contribution in [-0.4, -0.2) is 18.6 Å². The van der Waals surface area contributed by atoms with Gasteiger partial charge in [-0.15, -0.1) is 0 Å². The van der Waals surface area contributed by atoms with E-state index in [-0.39, 0.29) is 24.3 Å². The van der Waals surface area contributed by atoms with Crippen molar-refractivity contribution in [2.75, 3.05) is 11.9 Å². The third-order valence-electron chi connectivity index (χ3n) is 3.40. The minimum atomic E-state index is -0.420. The number of ether oxygens (including phenoxy) is 1. The number of anilines is 1. The molecule has 1 aliphatic rings. The van der Waals surface area contributed by atoms with Gasteiger partial charge in [0.15, 0.2) is 0 Å². The fraction of sp³-hybridized carbons (Fsp3) is 0.533. The maximum Gasteiger partial charge on any atom is 0.250 e. The molecule has 1 amide bonds. The third-order valence-corrected chi connectivity index (χ3v) is 3.40. The van der Waals surface area contributed by atoms with Crippen LogP contribution in [0.5, 0.6) is 0 Å². The van der Waals surface area contributed by atoms with Gasteiger partial charge in [-0.3, -0.25) is 4.79 Å². The zero-order valence-electron chi connectivity index (χ0n) is 11.2. The fourth-order valence-corrected chi connectivity index (χ4v) is 2.35. The molecule has 3 nitrogen and oxygen atoms in total. The van der Waals surface area contributed by atoms with Gasteiger partial charge in [0.1, 0.15) is 12.4 Å². The lowest BCUT2D eigenvalue weighted by Gasteiger charge is -2.21. The number of benzene rings is 1. The molecular weight excluding hydrogens is 245 g/mol. The summed E-state index contributed by atoms with van der Waals surface area (Å²) in [4.78, 5) is 11.7. The Bertz CT molecular complexity index is 442. The summed E-state index contributed by atoms with van der Waals surface area (Å²) >= 11 is 0. The van der Waals surface area contributed by atoms with Gasteiger partial charge in [-0.2, -0.15) is 0 Å². The lowest BCUT2D eigenvalue weighted by molar-refractivity contribution is -0.123. The van der Waals surface area contributed by atoms with Gasteiger partial charge in [-0.25, -0.2) is 4.39 Å². The molecule has 1 aromatic rings. The van der Waals surface area contributed by atoms with Crippen molar-refractivity contribution in [3.05, 3.63) is 29.6 Å². The molecular formula is C15H20FNO2. The lowest BCUT2D eigenvalue weighted by atomic mass is 9.98. The summed E-state index contributed by atoms with van der Waals surface area (Å²) in [6.07, 6.45) is 5.80. The first-order valence-corrected chi connectivity index (χ1v) is 6.83. The highest BCUT2D eigenvalue weighted by Gasteiger charge is 2.15. The molecule has 0 aromatic heterocycles. The number of nitrogens with one attached hydrogen (secondary N) is 1. The molecule has 19 heavy (non-hydrogen) atoms. The average Bonchev–Trinajstić information content (AvgIpc) is 2.42. The van der Waals surface area contributed by atoms with Gasteiger partial charge in [0.25, 0.3) is 0 Å². The Hall–Kier alpha value is -1.42. The van der Waals surface area contributed by atoms with Crippen LogP contribution in [0.1, 0.15) is 37.7 Å². The van der Waals surface area contributed by atoms with Crippen LogP contribution in [0, 0.1) is 12.7 Å². The Kier molecular flexibility index (Phi) is 4.91. The van der Waals surface area contributed by atoms with Crippen molar-refractivity contribution in [3.8, 4) is 0 Å². The monoisotopic (exact) mass is 265 g/mol. The van der Waals surface area contributed by atoms with Crippen LogP contribution in [0.4, 0.5) is 10.1 Å². The van der Waals surface area contributed by atoms with E-state index in [4.69, 9.17) is 4.74 Å². The van der Waals surface area contributed by atoms with E-state index in [1.54, 1.807) is 12.1 Å². The van der Waals surface area contributed by atoms with Gasteiger partial charge in [0.2, 0.25) is 5.91 Å². The van der Waals surface area contributed by atoms with Crippen LogP contribution in [0.25, 0.3) is 0 Å². The number of hydrogen-bond donors (Lipinski definition) is 1. The largest absolute Gasteiger partial charge is 0.368 e. The summed E-state index contributed by atoms with van der Waals surface area (Å²) in [6.45, 7) is 1.85. The van der Waals surface area contributed by atoms with Crippen molar-refractivity contribution in [2.24, 2.45) is 0 Å². The second-order valence-corrected chi connectivity index (χ2v) is 5.10. The molecule has 4 heteroatoms. The van der Waals surface area contributed by atoms with Crippen LogP contribution in [0.15, 0.2) is 18.2 Å². The molecule has 0 atom stereocenters. The van der Waals surface area contributed by atoms with E-state index < -0.39 is 5.82 Å². The Labute approximate surface area is 113 Å². The minimum absolute atomic E-state index is 0.00194. The van der Waals surface area contributed by atoms with Crippen molar-refractivity contribution in [2.45, 2.75) is 45.1 Å². The van der Waals surface area contributed by atoms with E-state index in [9.17, 15) is 9.18 Å². The molecule has 0 saturated heterocycles. The number of rotatable bonds is 4. The van der Waals surface area contributed by atoms with Crippen molar-refractivity contribution in [1.29, 1.82) is 0 Å². The lowest BCUT2D eigenvalue weighted by Crippen LogP contribution is -2.25. The maximum absolute atomic E-state index is 13.5. The molecule has 0 spiro atoms. The number of hydrogen-bond acceptors (Lipinski definition) is 2. The van der Waals surface area contributed by atoms with E-state index in [0.29, 0.717) is 0 Å². The summed E-state index contributed by atoms with van der Waals surface area (Å²) < 4.78 is 19.0. The first-order valence-electron chi connectivity index (χ1n) is 6.83. The molecule has 0 unspecified atom stereocenters. The van der Waals surface area contributed by atoms with Crippen LogP contribution in [0.2, 0.25) is 0 Å². The highest BCUT2D eigenvalue weighted by molar-refractivity contribution is 5.91. The quantitative estimate of drug-likeness (QED) is 0.905. The highest BCUT2D eigenvalue weighted by atomic mass is 19.1. The first-order chi connectivity index (χ1) is 9.15. The van der Waals surface area contributed by atoms with Crippen molar-refractivity contribution in [3.63, 3.8) is 0 Å². The molecule has 1 N–H and O–H groups in total. The minimum Gasteiger partial charge on any atom is -0.368 e. The van der Waals surface area contributed by atoms with Crippen LogP contribution in [0.3, 0.4) is 0 Å². The summed E-state index contributed by atoms with van der Waals surface area (Å²) in [5.41, 5.74) is 1.13. The van der Waals surface area contributed by atoms with E-state index in [0.717, 1.165) is 18.4 Å². The molecule has 0 radical (unpaired) electrons. The molecule has 1 aliphatic carbocycles. The Morgan fingerprint density at radius 2 is 2.11 bits per heavy atom. The molecule has 2 rings (SSSR count). The summed E-state index contributed by atoms with van der Waals surface area (Å²) in [6, 6.07) is 4.64. The number of aryl methyl sites for hydroxylation is 1. The van der Waals surface area contributed by atoms with Crippen LogP contribution in [-0.2, 0) is 9.53 Å². The molecule has 0 heterocycles. The Balaban J connectivity index is 1.81. The van der Waals surface area contributed by atoms with E-state index in [2.05, 4.69) is 5.32 Å². The molecule has 0 bridgehead atoms. The van der Waals surface area contributed by atoms with E-state index >= 15 is 0 Å². The predicted molar refractivity (Wildman–Crippen MR) is 72.6 cm³/mol. The second-order valence-electron chi connectivity index (χ2n) is 5.10. The fourth-order valence-electron chi connectivity index (χ4n) is 2.35. The smallest absolute Gasteiger partial charge is 0.250 e. The predicted octanol–water partition coefficient (Wildman–Crippen LogP) is 3.42. The van der Waals surface area contributed by atoms with Crippen molar-refractivity contribution in [1.82, 2.24) is 0 Å². The average molecular weight is 265 g/mol. The topological polar surface area (TPSA) is 38.3 Å². The second kappa shape index (κ2) is 6.66. The van der Waals surface area contributed by atoms with Crippen molar-refractivity contribution < 1.29 is 13.9 Å². The summed E-state index contributed by atoms with van der Waals surface area (Å²) in [5.74, 6) is -0.716. The highest BCUT2D eigenvalue weighted by Crippen LogP contribution is 2.20. The number of halogens is 1. The molecule has 1 saturated carbocycles. The van der Waals surface area contributed by atoms with Crippen LogP contribution < -0.4 is 5.32 Å². The van der Waals surface area contributed by atoms with Gasteiger partial charge >= 0.3 is 0 Å². The summed E-state index contributed by atoms with van der Waals surface area (Å²) in [5, 5.41) is 2.55. The van der Waals surface area contributed by atoms with Crippen LogP contribution >= 0.6 is 0 Å². The van der Waals surface area contributed by atoms with E-state index in [1.165, 1.54) is 25.3 Å². The summed E-state index contributed by atoms with van der Waals surface area (Å²) in [7, 11) is 0. The number of amides is 1. The molecule has 104 valence electrons. The molecule has 0 aliphatic heterocycles. The number of carbonyl (C=O) groups excluding carboxylic acids is 1. The number of carbonyl (C=O) groups is 1. The van der Waals surface area contributed by atoms with Gasteiger partial charge in [-0.05, 0) is 37.5 Å². The Morgan fingerprint density at radius 3 is 2.84 bits per heavy atom. The normalized spacial score (nSPS) is 16.3. The van der Waals surface area contributed by atoms with Gasteiger partial charge in [-0.1, -0.05) is 25.3 Å². The molecule has 1 aromatic carbocycles. The molecule has 1 fully saturated rings. The Morgan fingerprint density at radius 1 is 1.37 bits per heavy atom. The standard InChI is InChI=1S/C15H20FNO2/c1-11-7-8-13(16)14(9-11)17-15(18)10-19-12-5-3-2-4-6-12/h7-9,12H,2-6,10H2,1H3,(H,17,18). The zero-order valence-corrected chi connectivity index (χ0v) is 11.2. The van der Waals surface area contributed by atoms with Crippen molar-refractivity contribution >= 4 is 11.6 Å². The van der Waals surface area contributed by atoms with Gasteiger partial charge in [0, 0.05) is 0 Å². The first kappa shape index (κ1) is 14.0. The van der Waals surface area contributed by atoms with E-state index in [1.807, 2.05) is 6.92 Å². The zero-order chi connectivity index (χ0) is 13.7. The SMILES string of the molecule is Cc1ccc(F)c(NC(=O)COC2CCCCC2)c1. The van der Waals surface area contributed by atoms with Gasteiger partial charge in [0.05, 0.1) is 11.8 Å². The maximum atomic E-state index is 13.5.